The number of hydrogen-bond acceptors (Lipinski definition) is 1. The van der Waals surface area contributed by atoms with Crippen LogP contribution in [-0.2, 0) is 6.42 Å². The molecule has 1 nitrogen and oxygen atoms in total. The molecular formula is C9H15NSi. The van der Waals surface area contributed by atoms with Crippen molar-refractivity contribution in [1.29, 1.82) is 0 Å². The highest BCUT2D eigenvalue weighted by molar-refractivity contribution is 6.08. The molecule has 1 aromatic rings. The summed E-state index contributed by atoms with van der Waals surface area (Å²) in [5, 5.41) is 0. The molecule has 0 unspecified atom stereocenters. The number of hydrogen-bond donors (Lipinski definition) is 1. The molecule has 11 heavy (non-hydrogen) atoms. The molecule has 0 saturated carbocycles. The largest absolute Gasteiger partial charge is 0.399 e. The summed E-state index contributed by atoms with van der Waals surface area (Å²) in [6, 6.07) is 7.51. The predicted molar refractivity (Wildman–Crippen MR) is 54.0 cm³/mol. The van der Waals surface area contributed by atoms with E-state index in [9.17, 15) is 0 Å². The third kappa shape index (κ3) is 2.08. The van der Waals surface area contributed by atoms with E-state index in [1.165, 1.54) is 33.8 Å². The van der Waals surface area contributed by atoms with Gasteiger partial charge in [-0.15, -0.1) is 0 Å². The zero-order chi connectivity index (χ0) is 8.27. The van der Waals surface area contributed by atoms with Crippen molar-refractivity contribution < 1.29 is 0 Å². The molecule has 0 aliphatic heterocycles. The van der Waals surface area contributed by atoms with Gasteiger partial charge in [0.15, 0.2) is 0 Å². The van der Waals surface area contributed by atoms with E-state index in [0.717, 1.165) is 5.69 Å². The second-order valence-corrected chi connectivity index (χ2v) is 3.94. The Hall–Kier alpha value is -0.763. The second kappa shape index (κ2) is 3.58. The van der Waals surface area contributed by atoms with Crippen molar-refractivity contribution in [3.05, 3.63) is 29.3 Å². The van der Waals surface area contributed by atoms with Crippen LogP contribution in [0.3, 0.4) is 0 Å². The van der Waals surface area contributed by atoms with Crippen LogP contribution in [0.2, 0.25) is 6.04 Å². The molecule has 2 N–H and O–H groups in total. The van der Waals surface area contributed by atoms with Crippen LogP contribution in [-0.4, -0.2) is 10.2 Å². The van der Waals surface area contributed by atoms with Crippen LogP contribution >= 0.6 is 0 Å². The average molecular weight is 165 g/mol. The summed E-state index contributed by atoms with van der Waals surface area (Å²) < 4.78 is 0. The first-order valence-corrected chi connectivity index (χ1v) is 5.50. The normalized spacial score (nSPS) is 10.3. The Kier molecular flexibility index (Phi) is 2.71. The lowest BCUT2D eigenvalue weighted by Gasteiger charge is -2.03. The van der Waals surface area contributed by atoms with Crippen molar-refractivity contribution >= 4 is 15.9 Å². The summed E-state index contributed by atoms with van der Waals surface area (Å²) in [6.07, 6.45) is 1.22. The predicted octanol–water partition coefficient (Wildman–Crippen LogP) is 0.903. The molecule has 0 bridgehead atoms. The van der Waals surface area contributed by atoms with Gasteiger partial charge in [0.2, 0.25) is 0 Å². The fraction of sp³-hybridized carbons (Fsp3) is 0.333. The van der Waals surface area contributed by atoms with Crippen molar-refractivity contribution in [3.63, 3.8) is 0 Å². The second-order valence-electron chi connectivity index (χ2n) is 2.94. The standard InChI is InChI=1S/C9H15NSi/c1-7-6-9(10)3-2-8(7)4-5-11/h2-3,6H,4-5,10H2,1,11H3. The third-order valence-corrected chi connectivity index (χ3v) is 2.39. The van der Waals surface area contributed by atoms with E-state index in [1.807, 2.05) is 12.1 Å². The van der Waals surface area contributed by atoms with Gasteiger partial charge >= 0.3 is 0 Å². The van der Waals surface area contributed by atoms with Gasteiger partial charge in [-0.25, -0.2) is 0 Å². The molecule has 0 atom stereocenters. The van der Waals surface area contributed by atoms with Gasteiger partial charge in [-0.1, -0.05) is 12.1 Å². The topological polar surface area (TPSA) is 26.0 Å². The molecule has 0 spiro atoms. The van der Waals surface area contributed by atoms with Gasteiger partial charge in [-0.05, 0) is 36.6 Å². The number of benzene rings is 1. The van der Waals surface area contributed by atoms with Gasteiger partial charge < -0.3 is 5.73 Å². The highest BCUT2D eigenvalue weighted by atomic mass is 28.1. The lowest BCUT2D eigenvalue weighted by atomic mass is 10.1. The molecule has 0 amide bonds. The summed E-state index contributed by atoms with van der Waals surface area (Å²) in [4.78, 5) is 0. The highest BCUT2D eigenvalue weighted by Gasteiger charge is 1.95. The smallest absolute Gasteiger partial charge is 0.0316 e. The molecule has 1 aromatic carbocycles. The average Bonchev–Trinajstić information content (AvgIpc) is 1.95. The molecule has 1 rings (SSSR count). The highest BCUT2D eigenvalue weighted by Crippen LogP contribution is 2.13. The van der Waals surface area contributed by atoms with Crippen LogP contribution in [0, 0.1) is 6.92 Å². The summed E-state index contributed by atoms with van der Waals surface area (Å²) in [7, 11) is 1.29. The summed E-state index contributed by atoms with van der Waals surface area (Å²) in [5.74, 6) is 0. The van der Waals surface area contributed by atoms with Gasteiger partial charge in [0.1, 0.15) is 0 Å². The monoisotopic (exact) mass is 165 g/mol. The van der Waals surface area contributed by atoms with Crippen LogP contribution in [0.5, 0.6) is 0 Å². The maximum Gasteiger partial charge on any atom is 0.0316 e. The van der Waals surface area contributed by atoms with Crippen LogP contribution in [0.25, 0.3) is 0 Å². The number of anilines is 1. The minimum atomic E-state index is 0.875. The summed E-state index contributed by atoms with van der Waals surface area (Å²) in [6.45, 7) is 2.13. The van der Waals surface area contributed by atoms with Gasteiger partial charge in [0, 0.05) is 15.9 Å². The van der Waals surface area contributed by atoms with E-state index in [2.05, 4.69) is 13.0 Å². The fourth-order valence-electron chi connectivity index (χ4n) is 1.27. The van der Waals surface area contributed by atoms with Crippen molar-refractivity contribution in [2.75, 3.05) is 5.73 Å². The van der Waals surface area contributed by atoms with Crippen molar-refractivity contribution in [2.45, 2.75) is 19.4 Å². The van der Waals surface area contributed by atoms with Crippen LogP contribution in [0.4, 0.5) is 5.69 Å². The Morgan fingerprint density at radius 1 is 1.45 bits per heavy atom. The molecule has 0 heterocycles. The molecule has 0 aromatic heterocycles. The number of nitrogen functional groups attached to an aromatic ring is 1. The first-order chi connectivity index (χ1) is 5.24. The molecule has 0 aliphatic rings. The van der Waals surface area contributed by atoms with Crippen molar-refractivity contribution in [3.8, 4) is 0 Å². The molecule has 60 valence electrons. The Bertz CT molecular complexity index is 245. The summed E-state index contributed by atoms with van der Waals surface area (Å²) >= 11 is 0. The van der Waals surface area contributed by atoms with Gasteiger partial charge in [0.25, 0.3) is 0 Å². The lowest BCUT2D eigenvalue weighted by molar-refractivity contribution is 1.10. The SMILES string of the molecule is Cc1cc(N)ccc1CC[SiH3]. The Labute approximate surface area is 71.0 Å². The zero-order valence-corrected chi connectivity index (χ0v) is 9.22. The lowest BCUT2D eigenvalue weighted by Crippen LogP contribution is -1.91. The van der Waals surface area contributed by atoms with Crippen LogP contribution in [0.1, 0.15) is 11.1 Å². The number of nitrogens with two attached hydrogens (primary N) is 1. The van der Waals surface area contributed by atoms with Gasteiger partial charge in [0.05, 0.1) is 0 Å². The van der Waals surface area contributed by atoms with E-state index in [-0.39, 0.29) is 0 Å². The van der Waals surface area contributed by atoms with Crippen molar-refractivity contribution in [1.82, 2.24) is 0 Å². The van der Waals surface area contributed by atoms with E-state index in [4.69, 9.17) is 5.73 Å². The Morgan fingerprint density at radius 3 is 2.73 bits per heavy atom. The minimum absolute atomic E-state index is 0.875. The minimum Gasteiger partial charge on any atom is -0.399 e. The molecule has 0 radical (unpaired) electrons. The maximum absolute atomic E-state index is 5.63. The van der Waals surface area contributed by atoms with E-state index < -0.39 is 0 Å². The first kappa shape index (κ1) is 8.33. The van der Waals surface area contributed by atoms with Crippen LogP contribution in [0.15, 0.2) is 18.2 Å². The van der Waals surface area contributed by atoms with Gasteiger partial charge in [-0.2, -0.15) is 0 Å². The van der Waals surface area contributed by atoms with E-state index in [0.29, 0.717) is 0 Å². The first-order valence-electron chi connectivity index (χ1n) is 4.09. The fourth-order valence-corrected chi connectivity index (χ4v) is 1.81. The Balaban J connectivity index is 2.90. The van der Waals surface area contributed by atoms with E-state index in [1.54, 1.807) is 0 Å². The molecule has 2 heteroatoms. The van der Waals surface area contributed by atoms with Gasteiger partial charge in [-0.3, -0.25) is 0 Å². The summed E-state index contributed by atoms with van der Waals surface area (Å²) in [5.41, 5.74) is 9.29. The quantitative estimate of drug-likeness (QED) is 0.511. The number of aryl methyl sites for hydroxylation is 2. The molecule has 0 saturated heterocycles. The third-order valence-electron chi connectivity index (χ3n) is 1.89. The Morgan fingerprint density at radius 2 is 2.18 bits per heavy atom. The maximum atomic E-state index is 5.63. The van der Waals surface area contributed by atoms with Crippen LogP contribution < -0.4 is 5.73 Å². The van der Waals surface area contributed by atoms with Crippen molar-refractivity contribution in [2.24, 2.45) is 0 Å². The zero-order valence-electron chi connectivity index (χ0n) is 7.22. The van der Waals surface area contributed by atoms with E-state index >= 15 is 0 Å². The molecule has 0 aliphatic carbocycles. The molecule has 0 fully saturated rings. The molecular weight excluding hydrogens is 150 g/mol. The number of rotatable bonds is 2.